The zero-order chi connectivity index (χ0) is 17.9. The lowest BCUT2D eigenvalue weighted by Crippen LogP contribution is -2.33. The van der Waals surface area contributed by atoms with Gasteiger partial charge in [-0.1, -0.05) is 39.0 Å². The van der Waals surface area contributed by atoms with Crippen molar-refractivity contribution in [3.8, 4) is 0 Å². The van der Waals surface area contributed by atoms with E-state index < -0.39 is 24.3 Å². The molecule has 0 aromatic rings. The maximum atomic E-state index is 10.4. The highest BCUT2D eigenvalue weighted by Crippen LogP contribution is 2.39. The average molecular weight is 346 g/mol. The molecular weight excluding hydrogens is 312 g/mol. The molecule has 24 heavy (non-hydrogen) atoms. The Morgan fingerprint density at radius 2 is 1.88 bits per heavy atom. The van der Waals surface area contributed by atoms with Crippen molar-refractivity contribution in [3.05, 3.63) is 0 Å². The normalized spacial score (nSPS) is 28.2. The predicted molar refractivity (Wildman–Crippen MR) is 90.7 cm³/mol. The van der Waals surface area contributed by atoms with Gasteiger partial charge >= 0.3 is 5.97 Å². The van der Waals surface area contributed by atoms with Gasteiger partial charge in [-0.2, -0.15) is 0 Å². The van der Waals surface area contributed by atoms with Crippen LogP contribution in [0.5, 0.6) is 0 Å². The highest BCUT2D eigenvalue weighted by atomic mass is 16.5. The van der Waals surface area contributed by atoms with Crippen molar-refractivity contribution in [2.24, 2.45) is 11.8 Å². The summed E-state index contributed by atoms with van der Waals surface area (Å²) in [6, 6.07) is 0. The summed E-state index contributed by atoms with van der Waals surface area (Å²) in [5.74, 6) is -1.34. The van der Waals surface area contributed by atoms with E-state index in [-0.39, 0.29) is 18.4 Å². The van der Waals surface area contributed by atoms with Crippen LogP contribution in [0.4, 0.5) is 0 Å². The molecule has 0 bridgehead atoms. The van der Waals surface area contributed by atoms with E-state index in [0.29, 0.717) is 32.3 Å². The molecule has 0 aromatic heterocycles. The zero-order valence-electron chi connectivity index (χ0n) is 14.8. The van der Waals surface area contributed by atoms with Gasteiger partial charge in [0, 0.05) is 12.5 Å². The van der Waals surface area contributed by atoms with Crippen LogP contribution in [-0.2, 0) is 9.53 Å². The SMILES string of the molecule is CCCCCCC(O)[C@@H]1C(O)CC(O)[C@@H]1CCCCOCC(=O)O. The quantitative estimate of drug-likeness (QED) is 0.380. The first-order valence-corrected chi connectivity index (χ1v) is 9.31. The Morgan fingerprint density at radius 3 is 2.54 bits per heavy atom. The molecule has 1 aliphatic rings. The number of hydrogen-bond donors (Lipinski definition) is 4. The third kappa shape index (κ3) is 7.47. The summed E-state index contributed by atoms with van der Waals surface area (Å²) in [5.41, 5.74) is 0. The van der Waals surface area contributed by atoms with E-state index in [4.69, 9.17) is 9.84 Å². The predicted octanol–water partition coefficient (Wildman–Crippen LogP) is 1.95. The molecule has 1 rings (SSSR count). The fourth-order valence-electron chi connectivity index (χ4n) is 3.76. The minimum Gasteiger partial charge on any atom is -0.480 e. The van der Waals surface area contributed by atoms with Crippen LogP contribution in [0.3, 0.4) is 0 Å². The van der Waals surface area contributed by atoms with Crippen LogP contribution in [0.15, 0.2) is 0 Å². The number of unbranched alkanes of at least 4 members (excludes halogenated alkanes) is 4. The average Bonchev–Trinajstić information content (AvgIpc) is 2.80. The number of ether oxygens (including phenoxy) is 1. The summed E-state index contributed by atoms with van der Waals surface area (Å²) in [4.78, 5) is 10.4. The molecule has 1 saturated carbocycles. The second kappa shape index (κ2) is 11.8. The van der Waals surface area contributed by atoms with Gasteiger partial charge in [-0.05, 0) is 31.6 Å². The summed E-state index contributed by atoms with van der Waals surface area (Å²) in [6.07, 6.45) is 5.77. The highest BCUT2D eigenvalue weighted by Gasteiger charge is 2.44. The lowest BCUT2D eigenvalue weighted by Gasteiger charge is -2.28. The number of carboxylic acids is 1. The Morgan fingerprint density at radius 1 is 1.12 bits per heavy atom. The van der Waals surface area contributed by atoms with Gasteiger partial charge in [0.05, 0.1) is 18.3 Å². The molecule has 6 nitrogen and oxygen atoms in total. The van der Waals surface area contributed by atoms with Crippen LogP contribution in [0.25, 0.3) is 0 Å². The van der Waals surface area contributed by atoms with E-state index in [1.165, 1.54) is 0 Å². The number of hydrogen-bond acceptors (Lipinski definition) is 5. The van der Waals surface area contributed by atoms with E-state index in [0.717, 1.165) is 32.1 Å². The second-order valence-electron chi connectivity index (χ2n) is 6.97. The van der Waals surface area contributed by atoms with Crippen molar-refractivity contribution >= 4 is 5.97 Å². The molecule has 1 aliphatic carbocycles. The molecule has 0 heterocycles. The maximum absolute atomic E-state index is 10.4. The molecule has 1 fully saturated rings. The standard InChI is InChI=1S/C18H34O6/c1-2-3-4-5-9-14(19)18-13(15(20)11-16(18)21)8-6-7-10-24-12-17(22)23/h13-16,18-21H,2-12H2,1H3,(H,22,23)/t13-,14?,15?,16?,18+/m0/s1. The number of carboxylic acid groups (broad SMARTS) is 1. The van der Waals surface area contributed by atoms with E-state index >= 15 is 0 Å². The van der Waals surface area contributed by atoms with Crippen LogP contribution < -0.4 is 0 Å². The van der Waals surface area contributed by atoms with Crippen molar-refractivity contribution in [1.29, 1.82) is 0 Å². The first kappa shape index (κ1) is 21.4. The smallest absolute Gasteiger partial charge is 0.329 e. The van der Waals surface area contributed by atoms with Crippen molar-refractivity contribution < 1.29 is 30.0 Å². The molecule has 0 saturated heterocycles. The first-order chi connectivity index (χ1) is 11.5. The fraction of sp³-hybridized carbons (Fsp3) is 0.944. The largest absolute Gasteiger partial charge is 0.480 e. The topological polar surface area (TPSA) is 107 Å². The number of carbonyl (C=O) groups is 1. The van der Waals surface area contributed by atoms with Crippen molar-refractivity contribution in [1.82, 2.24) is 0 Å². The summed E-state index contributed by atoms with van der Waals surface area (Å²) < 4.78 is 5.00. The highest BCUT2D eigenvalue weighted by molar-refractivity contribution is 5.67. The Kier molecular flexibility index (Phi) is 10.5. The Hall–Kier alpha value is -0.690. The third-order valence-corrected chi connectivity index (χ3v) is 5.02. The van der Waals surface area contributed by atoms with Crippen LogP contribution in [0.2, 0.25) is 0 Å². The molecule has 0 aliphatic heterocycles. The first-order valence-electron chi connectivity index (χ1n) is 9.31. The minimum atomic E-state index is -0.976. The Labute approximate surface area is 144 Å². The lowest BCUT2D eigenvalue weighted by atomic mass is 9.83. The summed E-state index contributed by atoms with van der Waals surface area (Å²) in [6.45, 7) is 2.23. The maximum Gasteiger partial charge on any atom is 0.329 e. The monoisotopic (exact) mass is 346 g/mol. The number of aliphatic hydroxyl groups is 3. The van der Waals surface area contributed by atoms with E-state index in [1.807, 2.05) is 0 Å². The molecular formula is C18H34O6. The minimum absolute atomic E-state index is 0.0966. The van der Waals surface area contributed by atoms with E-state index in [1.54, 1.807) is 0 Å². The fourth-order valence-corrected chi connectivity index (χ4v) is 3.76. The van der Waals surface area contributed by atoms with Gasteiger partial charge in [0.25, 0.3) is 0 Å². The lowest BCUT2D eigenvalue weighted by molar-refractivity contribution is -0.142. The summed E-state index contributed by atoms with van der Waals surface area (Å²) in [5, 5.41) is 39.3. The van der Waals surface area contributed by atoms with Gasteiger partial charge in [-0.3, -0.25) is 0 Å². The molecule has 4 N–H and O–H groups in total. The molecule has 3 unspecified atom stereocenters. The van der Waals surface area contributed by atoms with Crippen molar-refractivity contribution in [2.75, 3.05) is 13.2 Å². The molecule has 0 radical (unpaired) electrons. The Bertz CT molecular complexity index is 348. The molecule has 5 atom stereocenters. The van der Waals surface area contributed by atoms with Gasteiger partial charge < -0.3 is 25.2 Å². The van der Waals surface area contributed by atoms with E-state index in [2.05, 4.69) is 6.92 Å². The van der Waals surface area contributed by atoms with Gasteiger partial charge in [-0.25, -0.2) is 4.79 Å². The van der Waals surface area contributed by atoms with Gasteiger partial charge in [-0.15, -0.1) is 0 Å². The van der Waals surface area contributed by atoms with Crippen LogP contribution in [0, 0.1) is 11.8 Å². The van der Waals surface area contributed by atoms with Gasteiger partial charge in [0.1, 0.15) is 6.61 Å². The molecule has 142 valence electrons. The van der Waals surface area contributed by atoms with E-state index in [9.17, 15) is 20.1 Å². The number of rotatable bonds is 13. The second-order valence-corrected chi connectivity index (χ2v) is 6.97. The van der Waals surface area contributed by atoms with Gasteiger partial charge in [0.2, 0.25) is 0 Å². The zero-order valence-corrected chi connectivity index (χ0v) is 14.8. The molecule has 0 spiro atoms. The molecule has 6 heteroatoms. The van der Waals surface area contributed by atoms with Crippen LogP contribution >= 0.6 is 0 Å². The summed E-state index contributed by atoms with van der Waals surface area (Å²) in [7, 11) is 0. The number of aliphatic carboxylic acids is 1. The Balaban J connectivity index is 2.34. The van der Waals surface area contributed by atoms with Crippen molar-refractivity contribution in [3.63, 3.8) is 0 Å². The number of aliphatic hydroxyl groups excluding tert-OH is 3. The van der Waals surface area contributed by atoms with Crippen molar-refractivity contribution in [2.45, 2.75) is 83.0 Å². The van der Waals surface area contributed by atoms with Crippen LogP contribution in [0.1, 0.15) is 64.7 Å². The molecule has 0 aromatic carbocycles. The molecule has 0 amide bonds. The third-order valence-electron chi connectivity index (χ3n) is 5.02. The van der Waals surface area contributed by atoms with Crippen LogP contribution in [-0.4, -0.2) is 57.9 Å². The van der Waals surface area contributed by atoms with Gasteiger partial charge in [0.15, 0.2) is 0 Å². The summed E-state index contributed by atoms with van der Waals surface area (Å²) >= 11 is 0.